The van der Waals surface area contributed by atoms with Crippen molar-refractivity contribution in [2.75, 3.05) is 27.2 Å². The molecule has 0 spiro atoms. The Hall–Kier alpha value is -0.170. The highest BCUT2D eigenvalue weighted by Gasteiger charge is 2.08. The van der Waals surface area contributed by atoms with Crippen LogP contribution >= 0.6 is 0 Å². The molecule has 0 saturated carbocycles. The van der Waals surface area contributed by atoms with E-state index in [9.17, 15) is 0 Å². The van der Waals surface area contributed by atoms with E-state index in [4.69, 9.17) is 17.5 Å². The minimum Gasteiger partial charge on any atom is -0.759 e. The van der Waals surface area contributed by atoms with Gasteiger partial charge >= 0.3 is 1.43 Å². The highest BCUT2D eigenvalue weighted by atomic mass is 32.3. The fraction of sp³-hybridized carbons (Fsp3) is 1.00. The molecule has 0 fully saturated rings. The van der Waals surface area contributed by atoms with Gasteiger partial charge in [-0.25, -0.2) is 0 Å². The van der Waals surface area contributed by atoms with Crippen LogP contribution in [0.25, 0.3) is 0 Å². The summed E-state index contributed by atoms with van der Waals surface area (Å²) in [7, 11) is -0.592. The van der Waals surface area contributed by atoms with Crippen molar-refractivity contribution < 1.29 is 23.4 Å². The van der Waals surface area contributed by atoms with Gasteiger partial charge in [-0.2, -0.15) is 0 Å². The quantitative estimate of drug-likeness (QED) is 0.401. The van der Waals surface area contributed by atoms with Gasteiger partial charge < -0.3 is 13.6 Å². The van der Waals surface area contributed by atoms with E-state index < -0.39 is 10.4 Å². The summed E-state index contributed by atoms with van der Waals surface area (Å²) in [5, 5.41) is 0. The van der Waals surface area contributed by atoms with Crippen LogP contribution in [-0.4, -0.2) is 49.2 Å². The molecule has 14 heavy (non-hydrogen) atoms. The fourth-order valence-corrected chi connectivity index (χ4v) is 0.744. The Kier molecular flexibility index (Phi) is 8.33. The standard InChI is InChI=1S/C8H20N.H2O4S/c1-5-7-8-9(3,4)6-2;1-5(2,3)4/h5-8H2,1-4H3;(H2,1,2,3,4)/q+1;/p-1. The normalized spacial score (nSPS) is 11.9. The number of quaternary nitrogens is 1. The zero-order valence-corrected chi connectivity index (χ0v) is 10.1. The maximum absolute atomic E-state index is 8.52. The zero-order chi connectivity index (χ0) is 11.8. The maximum atomic E-state index is 8.52. The monoisotopic (exact) mass is 227 g/mol. The average molecular weight is 227 g/mol. The smallest absolute Gasteiger partial charge is 0.759 e. The molecule has 0 saturated heterocycles. The molecule has 0 amide bonds. The van der Waals surface area contributed by atoms with E-state index in [1.54, 1.807) is 0 Å². The van der Waals surface area contributed by atoms with E-state index >= 15 is 0 Å². The topological polar surface area (TPSA) is 80.3 Å². The van der Waals surface area contributed by atoms with Crippen LogP contribution in [0, 0.1) is 0 Å². The van der Waals surface area contributed by atoms with Gasteiger partial charge in [-0.1, -0.05) is 13.3 Å². The summed E-state index contributed by atoms with van der Waals surface area (Å²) < 4.78 is 35.3. The van der Waals surface area contributed by atoms with Crippen LogP contribution < -0.4 is 0 Å². The van der Waals surface area contributed by atoms with Gasteiger partial charge in [0, 0.05) is 10.4 Å². The van der Waals surface area contributed by atoms with Crippen LogP contribution in [0.15, 0.2) is 0 Å². The predicted octanol–water partition coefficient (Wildman–Crippen LogP) is 0.657. The summed E-state index contributed by atoms with van der Waals surface area (Å²) in [5.74, 6) is 0. The maximum Gasteiger partial charge on any atom is 1.00 e. The third-order valence-corrected chi connectivity index (χ3v) is 1.97. The Bertz CT molecular complexity index is 221. The number of rotatable bonds is 4. The van der Waals surface area contributed by atoms with Gasteiger partial charge in [0.25, 0.3) is 0 Å². The third-order valence-electron chi connectivity index (χ3n) is 1.97. The molecular weight excluding hydrogens is 206 g/mol. The first-order valence-corrected chi connectivity index (χ1v) is 5.94. The molecule has 0 atom stereocenters. The molecule has 0 aliphatic carbocycles. The lowest BCUT2D eigenvalue weighted by atomic mass is 10.3. The van der Waals surface area contributed by atoms with Gasteiger partial charge in [-0.15, -0.1) is 0 Å². The van der Waals surface area contributed by atoms with Gasteiger partial charge in [0.15, 0.2) is 0 Å². The molecule has 0 unspecified atom stereocenters. The van der Waals surface area contributed by atoms with Gasteiger partial charge in [0.05, 0.1) is 27.2 Å². The van der Waals surface area contributed by atoms with Crippen molar-refractivity contribution in [3.8, 4) is 0 Å². The van der Waals surface area contributed by atoms with Crippen LogP contribution in [0.4, 0.5) is 0 Å². The molecule has 5 nitrogen and oxygen atoms in total. The van der Waals surface area contributed by atoms with Crippen molar-refractivity contribution in [2.24, 2.45) is 0 Å². The molecule has 0 radical (unpaired) electrons. The Morgan fingerprint density at radius 1 is 1.21 bits per heavy atom. The zero-order valence-electron chi connectivity index (χ0n) is 10.3. The first-order valence-electron chi connectivity index (χ1n) is 4.61. The molecule has 0 bridgehead atoms. The molecule has 0 aromatic heterocycles. The Morgan fingerprint density at radius 3 is 1.79 bits per heavy atom. The lowest BCUT2D eigenvalue weighted by Crippen LogP contribution is -2.39. The minimum absolute atomic E-state index is 0. The van der Waals surface area contributed by atoms with E-state index in [1.165, 1.54) is 30.4 Å². The molecule has 0 aromatic carbocycles. The van der Waals surface area contributed by atoms with Crippen LogP contribution in [0.2, 0.25) is 0 Å². The van der Waals surface area contributed by atoms with Crippen molar-refractivity contribution in [3.05, 3.63) is 0 Å². The van der Waals surface area contributed by atoms with E-state index in [-0.39, 0.29) is 1.43 Å². The van der Waals surface area contributed by atoms with Crippen molar-refractivity contribution >= 4 is 10.4 Å². The third kappa shape index (κ3) is 22.6. The molecule has 0 heterocycles. The van der Waals surface area contributed by atoms with E-state index in [0.29, 0.717) is 0 Å². The number of unbranched alkanes of at least 4 members (excludes halogenated alkanes) is 1. The van der Waals surface area contributed by atoms with E-state index in [1.807, 2.05) is 0 Å². The molecule has 6 heteroatoms. The molecule has 0 rings (SSSR count). The SMILES string of the molecule is CCCC[N+](C)(C)CC.O=S(=O)([O-])[O-].[H+]. The largest absolute Gasteiger partial charge is 1.00 e. The van der Waals surface area contributed by atoms with Crippen molar-refractivity contribution in [1.29, 1.82) is 0 Å². The van der Waals surface area contributed by atoms with Crippen molar-refractivity contribution in [2.45, 2.75) is 26.7 Å². The second-order valence-corrected chi connectivity index (χ2v) is 4.55. The Morgan fingerprint density at radius 2 is 1.57 bits per heavy atom. The number of nitrogens with zero attached hydrogens (tertiary/aromatic N) is 1. The second kappa shape index (κ2) is 7.17. The lowest BCUT2D eigenvalue weighted by Gasteiger charge is -2.27. The van der Waals surface area contributed by atoms with Crippen LogP contribution in [0.3, 0.4) is 0 Å². The van der Waals surface area contributed by atoms with Gasteiger partial charge in [-0.05, 0) is 13.3 Å². The predicted molar refractivity (Wildman–Crippen MR) is 54.0 cm³/mol. The highest BCUT2D eigenvalue weighted by molar-refractivity contribution is 7.79. The average Bonchev–Trinajstić information content (AvgIpc) is 1.98. The van der Waals surface area contributed by atoms with Crippen LogP contribution in [0.5, 0.6) is 0 Å². The number of hydrogen-bond donors (Lipinski definition) is 0. The van der Waals surface area contributed by atoms with Crippen LogP contribution in [-0.2, 0) is 10.4 Å². The molecular formula is C8H21NO4S. The molecule has 0 aromatic rings. The van der Waals surface area contributed by atoms with Crippen LogP contribution in [0.1, 0.15) is 28.1 Å². The molecule has 0 aliphatic heterocycles. The van der Waals surface area contributed by atoms with E-state index in [0.717, 1.165) is 0 Å². The molecule has 0 aliphatic rings. The molecule has 88 valence electrons. The Balaban J connectivity index is -0.000000208. The summed E-state index contributed by atoms with van der Waals surface area (Å²) >= 11 is 0. The summed E-state index contributed by atoms with van der Waals surface area (Å²) in [4.78, 5) is 0. The van der Waals surface area contributed by atoms with E-state index in [2.05, 4.69) is 27.9 Å². The summed E-state index contributed by atoms with van der Waals surface area (Å²) in [6.45, 7) is 7.07. The summed E-state index contributed by atoms with van der Waals surface area (Å²) in [6, 6.07) is 0. The van der Waals surface area contributed by atoms with Crippen molar-refractivity contribution in [1.82, 2.24) is 0 Å². The Labute approximate surface area is 88.4 Å². The van der Waals surface area contributed by atoms with Gasteiger partial charge in [-0.3, -0.25) is 8.42 Å². The second-order valence-electron chi connectivity index (χ2n) is 3.74. The lowest BCUT2D eigenvalue weighted by molar-refractivity contribution is -0.888. The van der Waals surface area contributed by atoms with Gasteiger partial charge in [0.1, 0.15) is 0 Å². The van der Waals surface area contributed by atoms with Gasteiger partial charge in [0.2, 0.25) is 0 Å². The first-order chi connectivity index (χ1) is 6.12. The first kappa shape index (κ1) is 16.3. The van der Waals surface area contributed by atoms with Crippen molar-refractivity contribution in [3.63, 3.8) is 0 Å². The minimum atomic E-state index is -5.17. The fourth-order valence-electron chi connectivity index (χ4n) is 0.744. The number of hydrogen-bond acceptors (Lipinski definition) is 4. The highest BCUT2D eigenvalue weighted by Crippen LogP contribution is 1.99. The summed E-state index contributed by atoms with van der Waals surface area (Å²) in [6.07, 6.45) is 2.68. The molecule has 0 N–H and O–H groups in total. The summed E-state index contributed by atoms with van der Waals surface area (Å²) in [5.41, 5.74) is 0.